The quantitative estimate of drug-likeness (QED) is 0.0261. The van der Waals surface area contributed by atoms with Crippen molar-refractivity contribution in [3.63, 3.8) is 0 Å². The summed E-state index contributed by atoms with van der Waals surface area (Å²) in [4.78, 5) is 38.2. The number of carbonyl (C=O) groups is 3. The lowest BCUT2D eigenvalue weighted by molar-refractivity contribution is -0.167. The van der Waals surface area contributed by atoms with Crippen LogP contribution in [0.25, 0.3) is 0 Å². The highest BCUT2D eigenvalue weighted by Gasteiger charge is 2.19. The molecule has 0 saturated heterocycles. The summed E-state index contributed by atoms with van der Waals surface area (Å²) in [6.07, 6.45) is 85.0. The minimum Gasteiger partial charge on any atom is -0.462 e. The Morgan fingerprint density at radius 2 is 0.506 bits per heavy atom. The standard InChI is InChI=1S/C71H126O6/c1-4-7-10-13-16-19-21-23-25-27-29-31-32-33-34-35-36-37-38-40-41-43-45-47-49-52-55-58-61-64-70(73)76-67-68(66-75-69(72)63-60-57-54-51-18-15-12-9-6-3)77-71(74)65-62-59-56-53-50-48-46-44-42-39-30-28-26-24-22-20-17-14-11-8-5-2/h7,10,16,19,23,25,28-31,33-34,68H,4-6,8-9,11-15,17-18,20-22,24,26-27,32,35-67H2,1-3H3/b10-7-,19-16-,25-23-,30-28-,31-29-,34-33-. The van der Waals surface area contributed by atoms with Gasteiger partial charge in [-0.3, -0.25) is 14.4 Å². The van der Waals surface area contributed by atoms with E-state index in [1.807, 2.05) is 0 Å². The maximum absolute atomic E-state index is 12.9. The highest BCUT2D eigenvalue weighted by Crippen LogP contribution is 2.17. The Balaban J connectivity index is 4.16. The summed E-state index contributed by atoms with van der Waals surface area (Å²) in [7, 11) is 0. The predicted octanol–water partition coefficient (Wildman–Crippen LogP) is 22.9. The van der Waals surface area contributed by atoms with Crippen LogP contribution in [0.1, 0.15) is 342 Å². The Labute approximate surface area is 478 Å². The molecule has 6 nitrogen and oxygen atoms in total. The third-order valence-electron chi connectivity index (χ3n) is 14.7. The third kappa shape index (κ3) is 63.6. The van der Waals surface area contributed by atoms with E-state index >= 15 is 0 Å². The van der Waals surface area contributed by atoms with E-state index in [4.69, 9.17) is 14.2 Å². The number of rotatable bonds is 61. The fourth-order valence-electron chi connectivity index (χ4n) is 9.70. The molecule has 0 aromatic heterocycles. The van der Waals surface area contributed by atoms with Gasteiger partial charge in [-0.15, -0.1) is 0 Å². The highest BCUT2D eigenvalue weighted by atomic mass is 16.6. The number of allylic oxidation sites excluding steroid dienone is 12. The van der Waals surface area contributed by atoms with Crippen LogP contribution in [-0.2, 0) is 28.6 Å². The molecule has 0 heterocycles. The zero-order valence-electron chi connectivity index (χ0n) is 51.2. The minimum atomic E-state index is -0.774. The van der Waals surface area contributed by atoms with Gasteiger partial charge in [0, 0.05) is 19.3 Å². The van der Waals surface area contributed by atoms with E-state index < -0.39 is 6.10 Å². The molecule has 0 saturated carbocycles. The molecule has 0 aromatic carbocycles. The number of carbonyl (C=O) groups excluding carboxylic acids is 3. The predicted molar refractivity (Wildman–Crippen MR) is 335 cm³/mol. The molecule has 0 rings (SSSR count). The van der Waals surface area contributed by atoms with Gasteiger partial charge in [0.25, 0.3) is 0 Å². The monoisotopic (exact) mass is 1070 g/mol. The summed E-state index contributed by atoms with van der Waals surface area (Å²) in [6.45, 7) is 6.55. The van der Waals surface area contributed by atoms with E-state index in [0.717, 1.165) is 89.9 Å². The van der Waals surface area contributed by atoms with Gasteiger partial charge in [-0.1, -0.05) is 306 Å². The molecule has 0 fully saturated rings. The van der Waals surface area contributed by atoms with Crippen molar-refractivity contribution in [3.8, 4) is 0 Å². The van der Waals surface area contributed by atoms with Crippen LogP contribution in [0.4, 0.5) is 0 Å². The van der Waals surface area contributed by atoms with Crippen molar-refractivity contribution in [2.75, 3.05) is 13.2 Å². The average Bonchev–Trinajstić information content (AvgIpc) is 3.43. The Morgan fingerprint density at radius 3 is 0.805 bits per heavy atom. The smallest absolute Gasteiger partial charge is 0.306 e. The summed E-state index contributed by atoms with van der Waals surface area (Å²) in [5.41, 5.74) is 0. The second-order valence-electron chi connectivity index (χ2n) is 22.4. The van der Waals surface area contributed by atoms with E-state index in [-0.39, 0.29) is 31.1 Å². The van der Waals surface area contributed by atoms with E-state index in [1.54, 1.807) is 0 Å². The van der Waals surface area contributed by atoms with Crippen LogP contribution >= 0.6 is 0 Å². The van der Waals surface area contributed by atoms with E-state index in [2.05, 4.69) is 93.7 Å². The van der Waals surface area contributed by atoms with Gasteiger partial charge in [0.15, 0.2) is 6.10 Å². The van der Waals surface area contributed by atoms with Gasteiger partial charge in [0.2, 0.25) is 0 Å². The lowest BCUT2D eigenvalue weighted by Crippen LogP contribution is -2.30. The number of hydrogen-bond donors (Lipinski definition) is 0. The molecule has 0 aliphatic rings. The maximum atomic E-state index is 12.9. The van der Waals surface area contributed by atoms with Crippen molar-refractivity contribution in [3.05, 3.63) is 72.9 Å². The van der Waals surface area contributed by atoms with Gasteiger partial charge in [-0.25, -0.2) is 0 Å². The second-order valence-corrected chi connectivity index (χ2v) is 22.4. The first-order chi connectivity index (χ1) is 38.0. The molecule has 0 aromatic rings. The molecule has 1 unspecified atom stereocenters. The van der Waals surface area contributed by atoms with Crippen molar-refractivity contribution < 1.29 is 28.6 Å². The lowest BCUT2D eigenvalue weighted by Gasteiger charge is -2.18. The van der Waals surface area contributed by atoms with Crippen LogP contribution in [0.15, 0.2) is 72.9 Å². The largest absolute Gasteiger partial charge is 0.462 e. The topological polar surface area (TPSA) is 78.9 Å². The fourth-order valence-corrected chi connectivity index (χ4v) is 9.70. The molecule has 0 amide bonds. The first-order valence-electron chi connectivity index (χ1n) is 33.4. The molecule has 0 aliphatic heterocycles. The SMILES string of the molecule is CC/C=C\C/C=C\C/C=C\C/C=C\C/C=C\CCCCCCCCCCCCCCCC(=O)OCC(COC(=O)CCCCCCCCCCC)OC(=O)CCCCCCCCCCC/C=C\CCCCCCCCCC. The molecule has 446 valence electrons. The highest BCUT2D eigenvalue weighted by molar-refractivity contribution is 5.71. The zero-order chi connectivity index (χ0) is 55.7. The van der Waals surface area contributed by atoms with Crippen LogP contribution < -0.4 is 0 Å². The molecule has 0 bridgehead atoms. The molecule has 77 heavy (non-hydrogen) atoms. The molecule has 0 spiro atoms. The van der Waals surface area contributed by atoms with Crippen molar-refractivity contribution >= 4 is 17.9 Å². The van der Waals surface area contributed by atoms with Crippen LogP contribution in [0.3, 0.4) is 0 Å². The van der Waals surface area contributed by atoms with Crippen molar-refractivity contribution in [1.82, 2.24) is 0 Å². The zero-order valence-corrected chi connectivity index (χ0v) is 51.2. The summed E-state index contributed by atoms with van der Waals surface area (Å²) in [6, 6.07) is 0. The maximum Gasteiger partial charge on any atom is 0.306 e. The van der Waals surface area contributed by atoms with Gasteiger partial charge in [0.05, 0.1) is 0 Å². The van der Waals surface area contributed by atoms with Gasteiger partial charge in [-0.2, -0.15) is 0 Å². The van der Waals surface area contributed by atoms with Gasteiger partial charge < -0.3 is 14.2 Å². The number of esters is 3. The summed E-state index contributed by atoms with van der Waals surface area (Å²) >= 11 is 0. The molecule has 0 N–H and O–H groups in total. The van der Waals surface area contributed by atoms with Gasteiger partial charge >= 0.3 is 17.9 Å². The van der Waals surface area contributed by atoms with E-state index in [0.29, 0.717) is 19.3 Å². The summed E-state index contributed by atoms with van der Waals surface area (Å²) in [5, 5.41) is 0. The molecule has 6 heteroatoms. The molecule has 0 aliphatic carbocycles. The van der Waals surface area contributed by atoms with Crippen LogP contribution in [0.2, 0.25) is 0 Å². The van der Waals surface area contributed by atoms with Crippen molar-refractivity contribution in [2.45, 2.75) is 348 Å². The number of hydrogen-bond acceptors (Lipinski definition) is 6. The molecular formula is C71H126O6. The second kappa shape index (κ2) is 65.4. The molecule has 0 radical (unpaired) electrons. The average molecular weight is 1080 g/mol. The fraction of sp³-hybridized carbons (Fsp3) is 0.789. The van der Waals surface area contributed by atoms with Crippen LogP contribution in [-0.4, -0.2) is 37.2 Å². The summed E-state index contributed by atoms with van der Waals surface area (Å²) in [5.74, 6) is -0.861. The van der Waals surface area contributed by atoms with Crippen molar-refractivity contribution in [1.29, 1.82) is 0 Å². The van der Waals surface area contributed by atoms with E-state index in [9.17, 15) is 14.4 Å². The first kappa shape index (κ1) is 73.8. The van der Waals surface area contributed by atoms with Gasteiger partial charge in [-0.05, 0) is 89.9 Å². The molecular weight excluding hydrogens is 949 g/mol. The van der Waals surface area contributed by atoms with Crippen LogP contribution in [0, 0.1) is 0 Å². The van der Waals surface area contributed by atoms with Gasteiger partial charge in [0.1, 0.15) is 13.2 Å². The Morgan fingerprint density at radius 1 is 0.273 bits per heavy atom. The Kier molecular flexibility index (Phi) is 62.7. The Hall–Kier alpha value is -3.15. The van der Waals surface area contributed by atoms with Crippen LogP contribution in [0.5, 0.6) is 0 Å². The molecule has 1 atom stereocenters. The normalized spacial score (nSPS) is 12.5. The third-order valence-corrected chi connectivity index (χ3v) is 14.7. The summed E-state index contributed by atoms with van der Waals surface area (Å²) < 4.78 is 16.9. The number of unbranched alkanes of at least 4 members (excludes halogenated alkanes) is 38. The first-order valence-corrected chi connectivity index (χ1v) is 33.4. The van der Waals surface area contributed by atoms with Crippen molar-refractivity contribution in [2.24, 2.45) is 0 Å². The minimum absolute atomic E-state index is 0.0721. The Bertz CT molecular complexity index is 1420. The lowest BCUT2D eigenvalue weighted by atomic mass is 10.0. The van der Waals surface area contributed by atoms with E-state index in [1.165, 1.54) is 212 Å². The number of ether oxygens (including phenoxy) is 3.